The molecule has 3 heterocycles. The number of hydrogen-bond acceptors (Lipinski definition) is 6. The third kappa shape index (κ3) is 4.51. The van der Waals surface area contributed by atoms with Crippen molar-refractivity contribution in [1.82, 2.24) is 14.5 Å². The number of hydrogen-bond donors (Lipinski definition) is 2. The molecule has 8 nitrogen and oxygen atoms in total. The number of aliphatic carboxylic acids is 1. The molecule has 6 rings (SSSR count). The molecule has 2 atom stereocenters. The standard InChI is InChI=1S/C31H29FN4O4/c1-16-8-18(25-11-28(37)36(3)15-34-25)9-17(2)30(16)20-4-6-23(32)31-21(20)5-7-24(31)35-27-12-26-22(13-33-27)19(14-40-26)10-29(38)39/h4,6,8-9,11-13,15,19,24H,5,7,10,14H2,1-3H3,(H,33,35)(H,38,39)/t19?,24-/m1/s1. The molecule has 1 aliphatic heterocycles. The molecule has 4 aromatic rings. The number of benzene rings is 2. The minimum absolute atomic E-state index is 0.00840. The van der Waals surface area contributed by atoms with Crippen LogP contribution in [0.3, 0.4) is 0 Å². The predicted octanol–water partition coefficient (Wildman–Crippen LogP) is 5.32. The number of aromatic nitrogens is 3. The number of carboxylic acid groups (broad SMARTS) is 1. The third-order valence-corrected chi connectivity index (χ3v) is 7.93. The van der Waals surface area contributed by atoms with Crippen LogP contribution in [0.5, 0.6) is 5.75 Å². The maximum Gasteiger partial charge on any atom is 0.304 e. The Morgan fingerprint density at radius 1 is 1.18 bits per heavy atom. The van der Waals surface area contributed by atoms with Gasteiger partial charge in [0.15, 0.2) is 0 Å². The van der Waals surface area contributed by atoms with E-state index in [4.69, 9.17) is 9.84 Å². The lowest BCUT2D eigenvalue weighted by Crippen LogP contribution is -2.15. The zero-order valence-corrected chi connectivity index (χ0v) is 22.5. The highest BCUT2D eigenvalue weighted by Crippen LogP contribution is 2.44. The summed E-state index contributed by atoms with van der Waals surface area (Å²) in [4.78, 5) is 32.2. The van der Waals surface area contributed by atoms with Gasteiger partial charge in [-0.1, -0.05) is 6.07 Å². The van der Waals surface area contributed by atoms with Crippen molar-refractivity contribution in [2.75, 3.05) is 11.9 Å². The fourth-order valence-electron chi connectivity index (χ4n) is 6.05. The number of pyridine rings is 1. The summed E-state index contributed by atoms with van der Waals surface area (Å²) in [5.74, 6) is -0.171. The van der Waals surface area contributed by atoms with Crippen LogP contribution in [0.2, 0.25) is 0 Å². The molecule has 0 bridgehead atoms. The smallest absolute Gasteiger partial charge is 0.304 e. The number of anilines is 1. The molecule has 2 aliphatic rings. The zero-order valence-electron chi connectivity index (χ0n) is 22.5. The summed E-state index contributed by atoms with van der Waals surface area (Å²) in [7, 11) is 1.67. The molecule has 1 unspecified atom stereocenters. The van der Waals surface area contributed by atoms with E-state index in [0.717, 1.165) is 38.9 Å². The average molecular weight is 541 g/mol. The number of nitrogens with one attached hydrogen (secondary N) is 1. The summed E-state index contributed by atoms with van der Waals surface area (Å²) in [6.07, 6.45) is 4.59. The van der Waals surface area contributed by atoms with Crippen molar-refractivity contribution in [3.8, 4) is 28.1 Å². The summed E-state index contributed by atoms with van der Waals surface area (Å²) < 4.78 is 22.5. The Labute approximate surface area is 230 Å². The van der Waals surface area contributed by atoms with Gasteiger partial charge in [-0.2, -0.15) is 0 Å². The maximum absolute atomic E-state index is 15.3. The highest BCUT2D eigenvalue weighted by atomic mass is 19.1. The van der Waals surface area contributed by atoms with Crippen LogP contribution in [0, 0.1) is 19.7 Å². The summed E-state index contributed by atoms with van der Waals surface area (Å²) in [6.45, 7) is 4.37. The molecule has 1 aliphatic carbocycles. The highest BCUT2D eigenvalue weighted by molar-refractivity contribution is 5.79. The molecule has 0 saturated heterocycles. The Hall–Kier alpha value is -4.53. The van der Waals surface area contributed by atoms with Crippen LogP contribution in [0.15, 0.2) is 53.7 Å². The Morgan fingerprint density at radius 2 is 1.95 bits per heavy atom. The van der Waals surface area contributed by atoms with Crippen LogP contribution >= 0.6 is 0 Å². The molecule has 0 amide bonds. The molecule has 40 heavy (non-hydrogen) atoms. The minimum Gasteiger partial charge on any atom is -0.492 e. The van der Waals surface area contributed by atoms with Crippen LogP contribution in [0.4, 0.5) is 10.2 Å². The number of nitrogens with zero attached hydrogens (tertiary/aromatic N) is 3. The molecule has 0 fully saturated rings. The van der Waals surface area contributed by atoms with Crippen LogP contribution in [0.25, 0.3) is 22.4 Å². The number of halogens is 1. The second-order valence-corrected chi connectivity index (χ2v) is 10.6. The first-order valence-electron chi connectivity index (χ1n) is 13.3. The van der Waals surface area contributed by atoms with Crippen LogP contribution < -0.4 is 15.6 Å². The van der Waals surface area contributed by atoms with Crippen LogP contribution in [-0.2, 0) is 18.3 Å². The van der Waals surface area contributed by atoms with Crippen molar-refractivity contribution in [3.63, 3.8) is 0 Å². The third-order valence-electron chi connectivity index (χ3n) is 7.93. The zero-order chi connectivity index (χ0) is 28.1. The maximum atomic E-state index is 15.3. The lowest BCUT2D eigenvalue weighted by molar-refractivity contribution is -0.137. The van der Waals surface area contributed by atoms with Gasteiger partial charge in [0, 0.05) is 48.0 Å². The van der Waals surface area contributed by atoms with Crippen molar-refractivity contribution in [3.05, 3.63) is 92.9 Å². The topological polar surface area (TPSA) is 106 Å². The summed E-state index contributed by atoms with van der Waals surface area (Å²) >= 11 is 0. The molecule has 0 spiro atoms. The lowest BCUT2D eigenvalue weighted by atomic mass is 9.88. The van der Waals surface area contributed by atoms with E-state index in [0.29, 0.717) is 42.3 Å². The van der Waals surface area contributed by atoms with E-state index < -0.39 is 5.97 Å². The molecule has 204 valence electrons. The number of carbonyl (C=O) groups is 1. The van der Waals surface area contributed by atoms with Gasteiger partial charge >= 0.3 is 5.97 Å². The SMILES string of the molecule is Cc1cc(-c2cc(=O)n(C)cn2)cc(C)c1-c1ccc(F)c2c1CC[C@H]2Nc1cc2c(cn1)C(CC(=O)O)CO2. The Morgan fingerprint density at radius 3 is 2.67 bits per heavy atom. The van der Waals surface area contributed by atoms with Gasteiger partial charge in [0.2, 0.25) is 0 Å². The monoisotopic (exact) mass is 540 g/mol. The Bertz CT molecular complexity index is 1710. The second-order valence-electron chi connectivity index (χ2n) is 10.6. The van der Waals surface area contributed by atoms with Gasteiger partial charge in [-0.25, -0.2) is 14.4 Å². The molecule has 2 aromatic carbocycles. The molecule has 2 N–H and O–H groups in total. The van der Waals surface area contributed by atoms with Gasteiger partial charge in [-0.05, 0) is 72.7 Å². The highest BCUT2D eigenvalue weighted by Gasteiger charge is 2.31. The van der Waals surface area contributed by atoms with Gasteiger partial charge in [0.25, 0.3) is 5.56 Å². The predicted molar refractivity (Wildman–Crippen MR) is 149 cm³/mol. The van der Waals surface area contributed by atoms with Gasteiger partial charge in [-0.3, -0.25) is 9.59 Å². The number of ether oxygens (including phenoxy) is 1. The average Bonchev–Trinajstić information content (AvgIpc) is 3.51. The van der Waals surface area contributed by atoms with E-state index >= 15 is 4.39 Å². The summed E-state index contributed by atoms with van der Waals surface area (Å²) in [5.41, 5.74) is 7.87. The fourth-order valence-corrected chi connectivity index (χ4v) is 6.05. The molecule has 9 heteroatoms. The minimum atomic E-state index is -0.875. The lowest BCUT2D eigenvalue weighted by Gasteiger charge is -2.19. The number of rotatable bonds is 6. The van der Waals surface area contributed by atoms with Gasteiger partial charge in [0.1, 0.15) is 17.4 Å². The van der Waals surface area contributed by atoms with E-state index in [9.17, 15) is 9.59 Å². The fraction of sp³-hybridized carbons (Fsp3) is 0.290. The van der Waals surface area contributed by atoms with E-state index in [1.165, 1.54) is 23.0 Å². The molecule has 0 radical (unpaired) electrons. The van der Waals surface area contributed by atoms with Crippen molar-refractivity contribution in [2.24, 2.45) is 7.05 Å². The first kappa shape index (κ1) is 25.7. The van der Waals surface area contributed by atoms with Gasteiger partial charge in [0.05, 0.1) is 31.1 Å². The van der Waals surface area contributed by atoms with Crippen molar-refractivity contribution >= 4 is 11.8 Å². The van der Waals surface area contributed by atoms with E-state index in [2.05, 4.69) is 15.3 Å². The van der Waals surface area contributed by atoms with E-state index in [1.54, 1.807) is 19.3 Å². The largest absolute Gasteiger partial charge is 0.492 e. The molecule has 0 saturated carbocycles. The number of carboxylic acids is 1. The Balaban J connectivity index is 1.31. The normalized spacial score (nSPS) is 17.3. The summed E-state index contributed by atoms with van der Waals surface area (Å²) in [6, 6.07) is 10.5. The first-order valence-corrected chi connectivity index (χ1v) is 13.3. The summed E-state index contributed by atoms with van der Waals surface area (Å²) in [5, 5.41) is 12.5. The van der Waals surface area contributed by atoms with E-state index in [-0.39, 0.29) is 29.8 Å². The Kier molecular flexibility index (Phi) is 6.37. The number of fused-ring (bicyclic) bond motifs is 2. The van der Waals surface area contributed by atoms with Crippen molar-refractivity contribution in [1.29, 1.82) is 0 Å². The van der Waals surface area contributed by atoms with E-state index in [1.807, 2.05) is 32.0 Å². The van der Waals surface area contributed by atoms with Gasteiger partial charge < -0.3 is 19.7 Å². The first-order chi connectivity index (χ1) is 19.2. The molecule has 2 aromatic heterocycles. The molecular formula is C31H29FN4O4. The van der Waals surface area contributed by atoms with Gasteiger partial charge in [-0.15, -0.1) is 0 Å². The van der Waals surface area contributed by atoms with Crippen LogP contribution in [0.1, 0.15) is 52.6 Å². The quantitative estimate of drug-likeness (QED) is 0.341. The molecular weight excluding hydrogens is 511 g/mol. The van der Waals surface area contributed by atoms with Crippen LogP contribution in [-0.4, -0.2) is 32.2 Å². The van der Waals surface area contributed by atoms with Crippen molar-refractivity contribution in [2.45, 2.75) is 45.1 Å². The second kappa shape index (κ2) is 9.89. The van der Waals surface area contributed by atoms with Crippen molar-refractivity contribution < 1.29 is 19.0 Å². The number of aryl methyl sites for hydroxylation is 3.